The van der Waals surface area contributed by atoms with Gasteiger partial charge in [-0.1, -0.05) is 0 Å². The quantitative estimate of drug-likeness (QED) is 0.0709. The third kappa shape index (κ3) is 7.94. The van der Waals surface area contributed by atoms with E-state index in [0.29, 0.717) is 44.4 Å². The summed E-state index contributed by atoms with van der Waals surface area (Å²) in [6.07, 6.45) is -0.457. The minimum absolute atomic E-state index is 0.0196. The van der Waals surface area contributed by atoms with E-state index in [9.17, 15) is 23.2 Å². The van der Waals surface area contributed by atoms with Gasteiger partial charge >= 0.3 is 11.9 Å². The van der Waals surface area contributed by atoms with Gasteiger partial charge in [-0.25, -0.2) is 8.78 Å². The Bertz CT molecular complexity index is 1640. The van der Waals surface area contributed by atoms with Gasteiger partial charge < -0.3 is 28.4 Å². The number of rotatable bonds is 16. The molecule has 0 aliphatic heterocycles. The van der Waals surface area contributed by atoms with Gasteiger partial charge in [0.1, 0.15) is 0 Å². The highest BCUT2D eigenvalue weighted by Gasteiger charge is 2.34. The van der Waals surface area contributed by atoms with Crippen molar-refractivity contribution >= 4 is 60.6 Å². The van der Waals surface area contributed by atoms with Crippen LogP contribution in [0.25, 0.3) is 20.2 Å². The molecule has 0 fully saturated rings. The summed E-state index contributed by atoms with van der Waals surface area (Å²) >= 11 is 2.25. The molecule has 0 aliphatic carbocycles. The van der Waals surface area contributed by atoms with E-state index in [1.165, 1.54) is 45.8 Å². The fourth-order valence-corrected chi connectivity index (χ4v) is 6.42. The Hall–Kier alpha value is -3.97. The molecule has 4 aromatic rings. The molecule has 0 atom stereocenters. The van der Waals surface area contributed by atoms with Crippen molar-refractivity contribution in [2.24, 2.45) is 0 Å². The molecule has 2 aromatic heterocycles. The second-order valence-corrected chi connectivity index (χ2v) is 11.8. The predicted molar refractivity (Wildman–Crippen MR) is 163 cm³/mol. The van der Waals surface area contributed by atoms with Crippen molar-refractivity contribution in [3.8, 4) is 23.0 Å². The highest BCUT2D eigenvalue weighted by molar-refractivity contribution is 7.21. The first kappa shape index (κ1) is 32.9. The van der Waals surface area contributed by atoms with Crippen molar-refractivity contribution < 1.29 is 51.6 Å². The summed E-state index contributed by atoms with van der Waals surface area (Å²) in [5.41, 5.74) is 0. The zero-order valence-electron chi connectivity index (χ0n) is 24.7. The molecule has 0 saturated carbocycles. The standard InChI is InChI=1S/C31H32F2O9S2/c1-37-21-16-25-18(14-27(43-25)20(34)6-7-29(35)39-3)12-23(21)41-10-5-11-42-24-13-19-15-28(44-26(19)17-22(24)38-2)31(32,33)9-8-30(36)40-4/h12-17H,5-11H2,1-4H3. The molecule has 0 spiro atoms. The number of thiophene rings is 2. The van der Waals surface area contributed by atoms with E-state index in [4.69, 9.17) is 18.9 Å². The lowest BCUT2D eigenvalue weighted by atomic mass is 10.1. The predicted octanol–water partition coefficient (Wildman–Crippen LogP) is 7.16. The highest BCUT2D eigenvalue weighted by atomic mass is 32.1. The minimum atomic E-state index is -3.18. The minimum Gasteiger partial charge on any atom is -0.493 e. The molecule has 9 nitrogen and oxygen atoms in total. The van der Waals surface area contributed by atoms with E-state index in [-0.39, 0.29) is 43.1 Å². The largest absolute Gasteiger partial charge is 0.493 e. The molecule has 4 rings (SSSR count). The molecule has 0 unspecified atom stereocenters. The van der Waals surface area contributed by atoms with Crippen LogP contribution in [0.4, 0.5) is 8.78 Å². The Labute approximate surface area is 260 Å². The van der Waals surface area contributed by atoms with Crippen LogP contribution in [0, 0.1) is 0 Å². The van der Waals surface area contributed by atoms with Gasteiger partial charge in [0, 0.05) is 40.8 Å². The van der Waals surface area contributed by atoms with E-state index in [2.05, 4.69) is 9.47 Å². The number of fused-ring (bicyclic) bond motifs is 2. The van der Waals surface area contributed by atoms with Crippen LogP contribution in [0.1, 0.15) is 46.7 Å². The van der Waals surface area contributed by atoms with Crippen molar-refractivity contribution in [3.05, 3.63) is 46.2 Å². The first-order valence-electron chi connectivity index (χ1n) is 13.6. The Kier molecular flexibility index (Phi) is 11.0. The number of hydrogen-bond acceptors (Lipinski definition) is 11. The van der Waals surface area contributed by atoms with Crippen molar-refractivity contribution in [1.82, 2.24) is 0 Å². The van der Waals surface area contributed by atoms with Crippen molar-refractivity contribution in [2.45, 2.75) is 38.0 Å². The third-order valence-corrected chi connectivity index (χ3v) is 9.05. The smallest absolute Gasteiger partial charge is 0.305 e. The summed E-state index contributed by atoms with van der Waals surface area (Å²) in [7, 11) is 5.45. The average Bonchev–Trinajstić information content (AvgIpc) is 3.65. The Morgan fingerprint density at radius 3 is 1.80 bits per heavy atom. The number of carbonyl (C=O) groups excluding carboxylic acids is 3. The van der Waals surface area contributed by atoms with Gasteiger partial charge in [-0.3, -0.25) is 14.4 Å². The van der Waals surface area contributed by atoms with Crippen LogP contribution in [0.2, 0.25) is 0 Å². The Morgan fingerprint density at radius 1 is 0.682 bits per heavy atom. The second-order valence-electron chi connectivity index (χ2n) is 9.63. The summed E-state index contributed by atoms with van der Waals surface area (Å²) in [6.45, 7) is 0.548. The van der Waals surface area contributed by atoms with E-state index in [1.807, 2.05) is 0 Å². The Balaban J connectivity index is 1.37. The summed E-state index contributed by atoms with van der Waals surface area (Å²) < 4.78 is 62.8. The highest BCUT2D eigenvalue weighted by Crippen LogP contribution is 2.43. The number of benzene rings is 2. The number of esters is 2. The fourth-order valence-electron chi connectivity index (χ4n) is 4.31. The molecule has 0 amide bonds. The molecule has 13 heteroatoms. The summed E-state index contributed by atoms with van der Waals surface area (Å²) in [5, 5.41) is 1.39. The lowest BCUT2D eigenvalue weighted by molar-refractivity contribution is -0.143. The Morgan fingerprint density at radius 2 is 1.23 bits per heavy atom. The van der Waals surface area contributed by atoms with Crippen molar-refractivity contribution in [3.63, 3.8) is 0 Å². The topological polar surface area (TPSA) is 107 Å². The number of alkyl halides is 2. The summed E-state index contributed by atoms with van der Waals surface area (Å²) in [6, 6.07) is 10.1. The van der Waals surface area contributed by atoms with E-state index in [1.54, 1.807) is 30.3 Å². The van der Waals surface area contributed by atoms with Gasteiger partial charge in [-0.15, -0.1) is 22.7 Å². The number of hydrogen-bond donors (Lipinski definition) is 0. The lowest BCUT2D eigenvalue weighted by Crippen LogP contribution is -2.14. The van der Waals surface area contributed by atoms with E-state index in [0.717, 1.165) is 21.4 Å². The zero-order chi connectivity index (χ0) is 31.9. The molecule has 0 saturated heterocycles. The molecule has 2 heterocycles. The number of halogens is 2. The second kappa shape index (κ2) is 14.7. The van der Waals surface area contributed by atoms with Crippen LogP contribution in [-0.4, -0.2) is 59.4 Å². The third-order valence-electron chi connectivity index (χ3n) is 6.70. The van der Waals surface area contributed by atoms with E-state index >= 15 is 0 Å². The maximum Gasteiger partial charge on any atom is 0.305 e. The van der Waals surface area contributed by atoms with Crippen LogP contribution in [0.15, 0.2) is 36.4 Å². The maximum absolute atomic E-state index is 14.7. The molecular formula is C31H32F2O9S2. The summed E-state index contributed by atoms with van der Waals surface area (Å²) in [4.78, 5) is 35.6. The van der Waals surface area contributed by atoms with Gasteiger partial charge in [0.25, 0.3) is 5.92 Å². The normalized spacial score (nSPS) is 11.4. The monoisotopic (exact) mass is 650 g/mol. The first-order chi connectivity index (χ1) is 21.1. The zero-order valence-corrected chi connectivity index (χ0v) is 26.3. The van der Waals surface area contributed by atoms with Crippen molar-refractivity contribution in [2.75, 3.05) is 41.7 Å². The first-order valence-corrected chi connectivity index (χ1v) is 15.3. The molecule has 2 aromatic carbocycles. The maximum atomic E-state index is 14.7. The van der Waals surface area contributed by atoms with Crippen LogP contribution in [-0.2, 0) is 25.0 Å². The van der Waals surface area contributed by atoms with Gasteiger partial charge in [-0.2, -0.15) is 0 Å². The molecule has 236 valence electrons. The van der Waals surface area contributed by atoms with Gasteiger partial charge in [-0.05, 0) is 35.0 Å². The van der Waals surface area contributed by atoms with Crippen LogP contribution >= 0.6 is 22.7 Å². The number of ether oxygens (including phenoxy) is 6. The molecule has 0 N–H and O–H groups in total. The van der Waals surface area contributed by atoms with Crippen molar-refractivity contribution in [1.29, 1.82) is 0 Å². The lowest BCUT2D eigenvalue weighted by Gasteiger charge is -2.13. The van der Waals surface area contributed by atoms with Crippen LogP contribution in [0.5, 0.6) is 23.0 Å². The molecule has 0 aliphatic rings. The molecule has 0 bridgehead atoms. The van der Waals surface area contributed by atoms with Crippen LogP contribution < -0.4 is 18.9 Å². The van der Waals surface area contributed by atoms with Gasteiger partial charge in [0.15, 0.2) is 28.8 Å². The average molecular weight is 651 g/mol. The number of Topliss-reactive ketones (excluding diaryl/α,β-unsaturated/α-hetero) is 1. The van der Waals surface area contributed by atoms with Gasteiger partial charge in [0.2, 0.25) is 0 Å². The summed E-state index contributed by atoms with van der Waals surface area (Å²) in [5.74, 6) is -2.62. The number of carbonyl (C=O) groups is 3. The molecule has 0 radical (unpaired) electrons. The number of ketones is 1. The molecular weight excluding hydrogens is 618 g/mol. The number of methoxy groups -OCH3 is 4. The SMILES string of the molecule is COC(=O)CCC(=O)c1cc2cc(OCCCOc3cc4cc(C(F)(F)CCC(=O)OC)sc4cc3OC)c(OC)cc2s1. The van der Waals surface area contributed by atoms with Crippen LogP contribution in [0.3, 0.4) is 0 Å². The molecule has 44 heavy (non-hydrogen) atoms. The van der Waals surface area contributed by atoms with Gasteiger partial charge in [0.05, 0.1) is 64.2 Å². The van der Waals surface area contributed by atoms with E-state index < -0.39 is 24.3 Å². The fraction of sp³-hybridized carbons (Fsp3) is 0.387.